The minimum Gasteiger partial charge on any atom is -0.0654 e. The molecule has 1 aliphatic rings. The molecular weight excluding hydrogens is 168 g/mol. The normalized spacial score (nSPS) is 21.0. The Morgan fingerprint density at radius 1 is 1.00 bits per heavy atom. The maximum absolute atomic E-state index is 4.05. The van der Waals surface area contributed by atoms with Crippen LogP contribution in [0.1, 0.15) is 77.6 Å². The van der Waals surface area contributed by atoms with Gasteiger partial charge < -0.3 is 0 Å². The standard InChI is InChI=1S/C14H27/c1-3-5-7-11-14(10-4-2)12-8-6-9-13-14/h2-13H2,1H3. The van der Waals surface area contributed by atoms with Crippen LogP contribution in [0.15, 0.2) is 0 Å². The zero-order chi connectivity index (χ0) is 10.3. The maximum Gasteiger partial charge on any atom is -0.0297 e. The number of rotatable bonds is 6. The molecule has 0 N–H and O–H groups in total. The molecule has 0 nitrogen and oxygen atoms in total. The Bertz CT molecular complexity index is 125. The summed E-state index contributed by atoms with van der Waals surface area (Å²) < 4.78 is 0. The van der Waals surface area contributed by atoms with E-state index in [1.165, 1.54) is 64.2 Å². The molecule has 0 atom stereocenters. The van der Waals surface area contributed by atoms with Gasteiger partial charge in [-0.3, -0.25) is 0 Å². The van der Waals surface area contributed by atoms with Crippen molar-refractivity contribution in [3.05, 3.63) is 6.92 Å². The molecule has 0 amide bonds. The topological polar surface area (TPSA) is 0 Å². The van der Waals surface area contributed by atoms with Crippen LogP contribution in [-0.4, -0.2) is 0 Å². The molecule has 0 heteroatoms. The minimum atomic E-state index is 0.717. The van der Waals surface area contributed by atoms with Crippen molar-refractivity contribution >= 4 is 0 Å². The molecule has 0 spiro atoms. The summed E-state index contributed by atoms with van der Waals surface area (Å²) in [5.74, 6) is 0. The second-order valence-corrected chi connectivity index (χ2v) is 5.12. The summed E-state index contributed by atoms with van der Waals surface area (Å²) in [6.07, 6.45) is 15.7. The molecule has 0 unspecified atom stereocenters. The van der Waals surface area contributed by atoms with Gasteiger partial charge in [0.2, 0.25) is 0 Å². The Labute approximate surface area is 90.5 Å². The highest BCUT2D eigenvalue weighted by Crippen LogP contribution is 2.44. The Morgan fingerprint density at radius 2 is 1.71 bits per heavy atom. The van der Waals surface area contributed by atoms with Gasteiger partial charge in [-0.05, 0) is 31.1 Å². The third-order valence-electron chi connectivity index (χ3n) is 3.93. The van der Waals surface area contributed by atoms with Gasteiger partial charge in [0.1, 0.15) is 0 Å². The fourth-order valence-corrected chi connectivity index (χ4v) is 3.05. The third kappa shape index (κ3) is 3.63. The van der Waals surface area contributed by atoms with Crippen molar-refractivity contribution in [1.82, 2.24) is 0 Å². The van der Waals surface area contributed by atoms with Crippen LogP contribution in [0.5, 0.6) is 0 Å². The van der Waals surface area contributed by atoms with Crippen molar-refractivity contribution in [3.8, 4) is 0 Å². The monoisotopic (exact) mass is 195 g/mol. The first-order valence-corrected chi connectivity index (χ1v) is 6.62. The maximum atomic E-state index is 4.05. The van der Waals surface area contributed by atoms with Crippen molar-refractivity contribution in [2.45, 2.75) is 77.6 Å². The van der Waals surface area contributed by atoms with E-state index in [1.807, 2.05) is 0 Å². The van der Waals surface area contributed by atoms with Gasteiger partial charge in [-0.2, -0.15) is 0 Å². The Kier molecular flexibility index (Phi) is 5.59. The van der Waals surface area contributed by atoms with Crippen molar-refractivity contribution in [1.29, 1.82) is 0 Å². The van der Waals surface area contributed by atoms with Crippen LogP contribution in [0.25, 0.3) is 0 Å². The van der Waals surface area contributed by atoms with Crippen LogP contribution < -0.4 is 0 Å². The zero-order valence-corrected chi connectivity index (χ0v) is 9.99. The molecule has 14 heavy (non-hydrogen) atoms. The van der Waals surface area contributed by atoms with E-state index < -0.39 is 0 Å². The smallest absolute Gasteiger partial charge is 0.0297 e. The molecule has 1 radical (unpaired) electrons. The molecule has 0 heterocycles. The summed E-state index contributed by atoms with van der Waals surface area (Å²) in [5, 5.41) is 0. The van der Waals surface area contributed by atoms with E-state index in [1.54, 1.807) is 0 Å². The SMILES string of the molecule is [CH2]CCC1(CCCCC)CCCCC1. The fourth-order valence-electron chi connectivity index (χ4n) is 3.05. The van der Waals surface area contributed by atoms with Crippen LogP contribution in [0, 0.1) is 12.3 Å². The molecule has 0 aromatic carbocycles. The van der Waals surface area contributed by atoms with E-state index in [-0.39, 0.29) is 0 Å². The summed E-state index contributed by atoms with van der Waals surface area (Å²) in [7, 11) is 0. The van der Waals surface area contributed by atoms with Crippen molar-refractivity contribution in [2.75, 3.05) is 0 Å². The van der Waals surface area contributed by atoms with Gasteiger partial charge in [0, 0.05) is 0 Å². The van der Waals surface area contributed by atoms with E-state index >= 15 is 0 Å². The van der Waals surface area contributed by atoms with Crippen molar-refractivity contribution in [2.24, 2.45) is 5.41 Å². The molecule has 1 rings (SSSR count). The number of unbranched alkanes of at least 4 members (excludes halogenated alkanes) is 2. The third-order valence-corrected chi connectivity index (χ3v) is 3.93. The average Bonchev–Trinajstić information content (AvgIpc) is 2.20. The van der Waals surface area contributed by atoms with Crippen LogP contribution in [-0.2, 0) is 0 Å². The molecule has 0 saturated heterocycles. The van der Waals surface area contributed by atoms with Crippen LogP contribution in [0.4, 0.5) is 0 Å². The van der Waals surface area contributed by atoms with Gasteiger partial charge in [0.25, 0.3) is 0 Å². The Morgan fingerprint density at radius 3 is 2.29 bits per heavy atom. The second-order valence-electron chi connectivity index (χ2n) is 5.12. The first-order chi connectivity index (χ1) is 6.83. The Balaban J connectivity index is 2.34. The highest BCUT2D eigenvalue weighted by Gasteiger charge is 2.29. The zero-order valence-electron chi connectivity index (χ0n) is 9.99. The molecule has 0 bridgehead atoms. The van der Waals surface area contributed by atoms with Crippen molar-refractivity contribution in [3.63, 3.8) is 0 Å². The van der Waals surface area contributed by atoms with Crippen LogP contribution in [0.3, 0.4) is 0 Å². The summed E-state index contributed by atoms with van der Waals surface area (Å²) in [6.45, 7) is 6.35. The molecule has 1 aliphatic carbocycles. The average molecular weight is 195 g/mol. The molecule has 83 valence electrons. The molecule has 1 fully saturated rings. The number of hydrogen-bond donors (Lipinski definition) is 0. The predicted molar refractivity (Wildman–Crippen MR) is 64.3 cm³/mol. The quantitative estimate of drug-likeness (QED) is 0.515. The van der Waals surface area contributed by atoms with E-state index in [9.17, 15) is 0 Å². The highest BCUT2D eigenvalue weighted by molar-refractivity contribution is 4.83. The summed E-state index contributed by atoms with van der Waals surface area (Å²) in [6, 6.07) is 0. The summed E-state index contributed by atoms with van der Waals surface area (Å²) in [4.78, 5) is 0. The molecule has 0 aromatic rings. The van der Waals surface area contributed by atoms with Crippen molar-refractivity contribution < 1.29 is 0 Å². The lowest BCUT2D eigenvalue weighted by Crippen LogP contribution is -2.23. The molecule has 1 saturated carbocycles. The lowest BCUT2D eigenvalue weighted by molar-refractivity contribution is 0.153. The Hall–Kier alpha value is 0. The fraction of sp³-hybridized carbons (Fsp3) is 0.929. The summed E-state index contributed by atoms with van der Waals surface area (Å²) >= 11 is 0. The number of hydrogen-bond acceptors (Lipinski definition) is 0. The van der Waals surface area contributed by atoms with Gasteiger partial charge in [0.05, 0.1) is 0 Å². The predicted octanol–water partition coefficient (Wildman–Crippen LogP) is 5.13. The molecule has 0 aliphatic heterocycles. The van der Waals surface area contributed by atoms with Gasteiger partial charge in [0.15, 0.2) is 0 Å². The molecule has 0 aromatic heterocycles. The van der Waals surface area contributed by atoms with Crippen LogP contribution >= 0.6 is 0 Å². The second kappa shape index (κ2) is 6.48. The molecular formula is C14H27. The van der Waals surface area contributed by atoms with Gasteiger partial charge >= 0.3 is 0 Å². The largest absolute Gasteiger partial charge is 0.0654 e. The lowest BCUT2D eigenvalue weighted by Gasteiger charge is -2.37. The first-order valence-electron chi connectivity index (χ1n) is 6.62. The highest BCUT2D eigenvalue weighted by atomic mass is 14.3. The van der Waals surface area contributed by atoms with Gasteiger partial charge in [-0.1, -0.05) is 58.8 Å². The van der Waals surface area contributed by atoms with Gasteiger partial charge in [-0.25, -0.2) is 0 Å². The van der Waals surface area contributed by atoms with Crippen LogP contribution in [0.2, 0.25) is 0 Å². The van der Waals surface area contributed by atoms with E-state index in [0.29, 0.717) is 0 Å². The van der Waals surface area contributed by atoms with E-state index in [4.69, 9.17) is 0 Å². The van der Waals surface area contributed by atoms with E-state index in [2.05, 4.69) is 13.8 Å². The summed E-state index contributed by atoms with van der Waals surface area (Å²) in [5.41, 5.74) is 0.717. The lowest BCUT2D eigenvalue weighted by atomic mass is 9.68. The first kappa shape index (κ1) is 12.1. The van der Waals surface area contributed by atoms with Gasteiger partial charge in [-0.15, -0.1) is 0 Å². The van der Waals surface area contributed by atoms with E-state index in [0.717, 1.165) is 11.8 Å². The minimum absolute atomic E-state index is 0.717.